The van der Waals surface area contributed by atoms with Gasteiger partial charge in [-0.25, -0.2) is 18.1 Å². The summed E-state index contributed by atoms with van der Waals surface area (Å²) in [5.74, 6) is 0.917. The third kappa shape index (κ3) is 11.1. The van der Waals surface area contributed by atoms with Gasteiger partial charge >= 0.3 is 0 Å². The number of piperidine rings is 1. The van der Waals surface area contributed by atoms with Crippen LogP contribution < -0.4 is 34.0 Å². The number of carbonyl (C=O) groups excluding carboxylic acids is 1. The number of hydrogen-bond acceptors (Lipinski definition) is 17. The number of carbonyl (C=O) groups is 1. The summed E-state index contributed by atoms with van der Waals surface area (Å²) in [6, 6.07) is 24.4. The predicted octanol–water partition coefficient (Wildman–Crippen LogP) is 9.19. The fraction of sp³-hybridized carbons (Fsp3) is 0.500. The molecule has 21 heteroatoms. The number of amides is 1. The smallest absolute Gasteiger partial charge is 0.293 e. The summed E-state index contributed by atoms with van der Waals surface area (Å²) in [5.41, 5.74) is 5.36. The summed E-state index contributed by atoms with van der Waals surface area (Å²) < 4.78 is 55.5. The lowest BCUT2D eigenvalue weighted by Crippen LogP contribution is -2.59. The zero-order chi connectivity index (χ0) is 57.4. The maximum atomic E-state index is 14.8. The summed E-state index contributed by atoms with van der Waals surface area (Å²) in [6.45, 7) is 14.9. The van der Waals surface area contributed by atoms with Gasteiger partial charge in [-0.15, -0.1) is 0 Å². The highest BCUT2D eigenvalue weighted by atomic mass is 32.2. The van der Waals surface area contributed by atoms with E-state index in [0.29, 0.717) is 86.2 Å². The van der Waals surface area contributed by atoms with E-state index in [1.807, 2.05) is 57.4 Å². The Kier molecular flexibility index (Phi) is 14.3. The van der Waals surface area contributed by atoms with Gasteiger partial charge in [0.15, 0.2) is 5.75 Å². The van der Waals surface area contributed by atoms with E-state index in [1.165, 1.54) is 23.3 Å². The number of ether oxygens (including phenoxy) is 4. The number of piperazine rings is 1. The van der Waals surface area contributed by atoms with Crippen LogP contribution in [0.3, 0.4) is 0 Å². The number of nitro groups is 1. The number of aryl methyl sites for hydroxylation is 1. The Hall–Kier alpha value is -7.04. The van der Waals surface area contributed by atoms with E-state index in [9.17, 15) is 28.4 Å². The van der Waals surface area contributed by atoms with Gasteiger partial charge in [0, 0.05) is 94.0 Å². The number of nitro benzene ring substituents is 1. The van der Waals surface area contributed by atoms with Gasteiger partial charge < -0.3 is 44.2 Å². The number of nitrogens with one attached hydrogen (secondary N) is 3. The van der Waals surface area contributed by atoms with Crippen LogP contribution in [-0.2, 0) is 21.3 Å². The fourth-order valence-corrected chi connectivity index (χ4v) is 15.1. The highest BCUT2D eigenvalue weighted by molar-refractivity contribution is 7.90. The van der Waals surface area contributed by atoms with E-state index in [0.717, 1.165) is 100 Å². The molecule has 1 amide bonds. The molecule has 3 saturated heterocycles. The number of H-pyrrole nitrogens is 1. The minimum absolute atomic E-state index is 0.106. The minimum atomic E-state index is -4.64. The first-order valence-electron chi connectivity index (χ1n) is 29.4. The lowest BCUT2D eigenvalue weighted by Gasteiger charge is -2.58. The number of hydrogen-bond donors (Lipinski definition) is 4. The van der Waals surface area contributed by atoms with Gasteiger partial charge in [-0.1, -0.05) is 24.3 Å². The van der Waals surface area contributed by atoms with E-state index in [1.54, 1.807) is 6.07 Å². The molecule has 13 rings (SSSR count). The zero-order valence-electron chi connectivity index (χ0n) is 47.6. The number of aliphatic hydroxyl groups is 1. The van der Waals surface area contributed by atoms with Crippen LogP contribution in [0.4, 0.5) is 28.4 Å². The van der Waals surface area contributed by atoms with Crippen LogP contribution in [0.2, 0.25) is 0 Å². The summed E-state index contributed by atoms with van der Waals surface area (Å²) in [5, 5.41) is 26.9. The maximum absolute atomic E-state index is 14.8. The van der Waals surface area contributed by atoms with Gasteiger partial charge in [-0.2, -0.15) is 4.98 Å². The van der Waals surface area contributed by atoms with Crippen LogP contribution in [0, 0.1) is 28.4 Å². The van der Waals surface area contributed by atoms with Crippen molar-refractivity contribution in [2.75, 3.05) is 74.2 Å². The standard InChI is InChI=1S/C62H74N10O10S/c1-39-7-5-6-8-46(39)53-36-68(35-41-27-54-59(65-34-41)80-38-60(2,3)82-54)24-25-70(53)44-31-62(32-44)19-22-69(23-20-62)43-9-11-47(50(29-43)71-49-16-26-79-37-55(49)81-58-52(71)28-42-15-21-63-56(42)66-58)57(73)67-83(77,78)45-10-12-48(51(30-45)72(75)76)64-33-40-13-17-61(4,74)18-14-40/h5-12,15,21,27-30,34,40,44,49,53,55,64,74H,13-14,16-20,22-26,31-33,35-38H2,1-4H3,(H,63,66)(H,67,73)/t40-,49-,53-,55-,61-/m0/s1. The number of sulfonamides is 1. The molecule has 20 nitrogen and oxygen atoms in total. The molecular formula is C62H74N10O10S. The predicted molar refractivity (Wildman–Crippen MR) is 314 cm³/mol. The van der Waals surface area contributed by atoms with Crippen molar-refractivity contribution >= 4 is 55.4 Å². The van der Waals surface area contributed by atoms with E-state index in [-0.39, 0.29) is 34.7 Å². The molecule has 5 aliphatic heterocycles. The summed E-state index contributed by atoms with van der Waals surface area (Å²) >= 11 is 0. The normalized spacial score (nSPS) is 25.2. The number of fused-ring (bicyclic) bond motifs is 4. The Morgan fingerprint density at radius 1 is 0.928 bits per heavy atom. The van der Waals surface area contributed by atoms with Crippen LogP contribution in [-0.4, -0.2) is 138 Å². The van der Waals surface area contributed by atoms with Gasteiger partial charge in [0.05, 0.1) is 39.3 Å². The number of rotatable bonds is 13. The molecule has 8 heterocycles. The number of nitrogens with zero attached hydrogens (tertiary/aromatic N) is 7. The van der Waals surface area contributed by atoms with Crippen LogP contribution in [0.25, 0.3) is 11.0 Å². The molecule has 2 saturated carbocycles. The molecule has 0 radical (unpaired) electrons. The minimum Gasteiger partial charge on any atom is -0.479 e. The number of anilines is 4. The number of benzene rings is 3. The molecule has 1 spiro atoms. The van der Waals surface area contributed by atoms with Gasteiger partial charge in [0.2, 0.25) is 5.88 Å². The summed E-state index contributed by atoms with van der Waals surface area (Å²) in [7, 11) is -4.64. The Morgan fingerprint density at radius 3 is 2.53 bits per heavy atom. The second-order valence-electron chi connectivity index (χ2n) is 25.3. The van der Waals surface area contributed by atoms with Crippen molar-refractivity contribution in [1.82, 2.24) is 29.5 Å². The third-order valence-electron chi connectivity index (χ3n) is 18.8. The van der Waals surface area contributed by atoms with Crippen molar-refractivity contribution in [3.05, 3.63) is 124 Å². The third-order valence-corrected chi connectivity index (χ3v) is 20.2. The molecule has 7 aliphatic rings. The number of aromatic nitrogens is 3. The molecule has 0 bridgehead atoms. The Bertz CT molecular complexity index is 3570. The van der Waals surface area contributed by atoms with Crippen molar-refractivity contribution in [3.63, 3.8) is 0 Å². The number of aromatic amines is 1. The van der Waals surface area contributed by atoms with Crippen molar-refractivity contribution < 1.29 is 42.2 Å². The van der Waals surface area contributed by atoms with E-state index < -0.39 is 48.7 Å². The second kappa shape index (κ2) is 21.5. The van der Waals surface area contributed by atoms with Crippen LogP contribution in [0.5, 0.6) is 17.5 Å². The van der Waals surface area contributed by atoms with Gasteiger partial charge in [0.1, 0.15) is 35.3 Å². The van der Waals surface area contributed by atoms with Crippen LogP contribution in [0.15, 0.2) is 96.2 Å². The van der Waals surface area contributed by atoms with Crippen molar-refractivity contribution in [3.8, 4) is 17.5 Å². The van der Waals surface area contributed by atoms with Crippen molar-refractivity contribution in [2.24, 2.45) is 11.3 Å². The van der Waals surface area contributed by atoms with Gasteiger partial charge in [-0.05, 0) is 162 Å². The first kappa shape index (κ1) is 55.2. The molecule has 5 fully saturated rings. The molecule has 6 aromatic rings. The molecule has 2 aliphatic carbocycles. The van der Waals surface area contributed by atoms with Crippen molar-refractivity contribution in [2.45, 2.75) is 132 Å². The molecular weight excluding hydrogens is 1080 g/mol. The molecule has 3 aromatic carbocycles. The molecule has 438 valence electrons. The first-order valence-corrected chi connectivity index (χ1v) is 30.9. The van der Waals surface area contributed by atoms with E-state index >= 15 is 0 Å². The van der Waals surface area contributed by atoms with Crippen molar-refractivity contribution in [1.29, 1.82) is 0 Å². The average molecular weight is 1150 g/mol. The van der Waals surface area contributed by atoms with Crippen LogP contribution in [0.1, 0.15) is 112 Å². The highest BCUT2D eigenvalue weighted by Crippen LogP contribution is 2.54. The number of pyridine rings is 2. The Morgan fingerprint density at radius 2 is 1.73 bits per heavy atom. The lowest BCUT2D eigenvalue weighted by molar-refractivity contribution is -0.384. The monoisotopic (exact) mass is 1150 g/mol. The van der Waals surface area contributed by atoms with Gasteiger partial charge in [-0.3, -0.25) is 24.7 Å². The average Bonchev–Trinajstić information content (AvgIpc) is 3.39. The maximum Gasteiger partial charge on any atom is 0.293 e. The van der Waals surface area contributed by atoms with E-state index in [2.05, 4.69) is 76.9 Å². The first-order chi connectivity index (χ1) is 39.9. The fourth-order valence-electron chi connectivity index (χ4n) is 14.1. The lowest BCUT2D eigenvalue weighted by atomic mass is 9.59. The second-order valence-corrected chi connectivity index (χ2v) is 27.0. The van der Waals surface area contributed by atoms with Gasteiger partial charge in [0.25, 0.3) is 27.5 Å². The topological polar surface area (TPSA) is 230 Å². The Balaban J connectivity index is 0.742. The summed E-state index contributed by atoms with van der Waals surface area (Å²) in [6.07, 6.45) is 10.9. The zero-order valence-corrected chi connectivity index (χ0v) is 48.5. The molecule has 0 unspecified atom stereocenters. The quantitative estimate of drug-likeness (QED) is 0.0624. The molecule has 3 aromatic heterocycles. The SMILES string of the molecule is Cc1ccccc1[C@@H]1CN(Cc2cnc3c(c2)OC(C)(C)CO3)CCN1C1CC2(CCN(c3ccc(C(=O)NS(=O)(=O)c4ccc(NC[C@H]5CC[C@](C)(O)CC5)c([N+](=O)[O-])c4)c(N4c5cc6cc[nH]c6nc5O[C@H]5COCC[C@@H]54)c3)CC2)C1. The summed E-state index contributed by atoms with van der Waals surface area (Å²) in [4.78, 5) is 48.7. The van der Waals surface area contributed by atoms with Crippen LogP contribution >= 0.6 is 0 Å². The Labute approximate surface area is 484 Å². The largest absolute Gasteiger partial charge is 0.479 e. The highest BCUT2D eigenvalue weighted by Gasteiger charge is 2.50. The molecule has 3 atom stereocenters. The van der Waals surface area contributed by atoms with E-state index in [4.69, 9.17) is 23.9 Å². The molecule has 4 N–H and O–H groups in total. The molecule has 83 heavy (non-hydrogen) atoms.